The summed E-state index contributed by atoms with van der Waals surface area (Å²) >= 11 is 0. The van der Waals surface area contributed by atoms with Crippen molar-refractivity contribution < 1.29 is 9.66 Å². The number of non-ortho nitro benzene ring substituents is 1. The molecule has 0 aliphatic rings. The van der Waals surface area contributed by atoms with Gasteiger partial charge < -0.3 is 9.64 Å². The van der Waals surface area contributed by atoms with Crippen LogP contribution in [0.3, 0.4) is 0 Å². The fourth-order valence-corrected chi connectivity index (χ4v) is 2.44. The Labute approximate surface area is 168 Å². The molecule has 0 bridgehead atoms. The van der Waals surface area contributed by atoms with Crippen LogP contribution in [-0.2, 0) is 4.74 Å². The number of rotatable bonds is 11. The summed E-state index contributed by atoms with van der Waals surface area (Å²) in [7, 11) is 0. The molecule has 0 amide bonds. The van der Waals surface area contributed by atoms with Crippen LogP contribution in [0.1, 0.15) is 12.8 Å². The predicted molar refractivity (Wildman–Crippen MR) is 107 cm³/mol. The normalized spacial score (nSPS) is 10.4. The Kier molecular flexibility index (Phi) is 8.74. The number of nitriles is 2. The number of nitrogens with zero attached hydrogens (tertiary/aromatic N) is 6. The summed E-state index contributed by atoms with van der Waals surface area (Å²) in [4.78, 5) is 12.2. The van der Waals surface area contributed by atoms with Gasteiger partial charge in [0.1, 0.15) is 0 Å². The van der Waals surface area contributed by atoms with Crippen LogP contribution < -0.4 is 4.90 Å². The summed E-state index contributed by atoms with van der Waals surface area (Å²) in [5, 5.41) is 36.3. The van der Waals surface area contributed by atoms with Crippen molar-refractivity contribution in [1.29, 1.82) is 10.5 Å². The van der Waals surface area contributed by atoms with Gasteiger partial charge in [-0.2, -0.15) is 20.8 Å². The smallest absolute Gasteiger partial charge is 0.269 e. The second kappa shape index (κ2) is 11.8. The van der Waals surface area contributed by atoms with Gasteiger partial charge in [0.05, 0.1) is 54.5 Å². The van der Waals surface area contributed by atoms with Gasteiger partial charge in [-0.05, 0) is 36.4 Å². The fraction of sp³-hybridized carbons (Fsp3) is 0.300. The number of hydrogen-bond donors (Lipinski definition) is 0. The van der Waals surface area contributed by atoms with Gasteiger partial charge >= 0.3 is 0 Å². The molecule has 2 aromatic rings. The van der Waals surface area contributed by atoms with Gasteiger partial charge in [0, 0.05) is 30.9 Å². The Morgan fingerprint density at radius 3 is 2.03 bits per heavy atom. The van der Waals surface area contributed by atoms with E-state index in [2.05, 4.69) is 16.3 Å². The molecule has 0 N–H and O–H groups in total. The van der Waals surface area contributed by atoms with Gasteiger partial charge in [-0.3, -0.25) is 10.1 Å². The van der Waals surface area contributed by atoms with Gasteiger partial charge in [-0.15, -0.1) is 0 Å². The van der Waals surface area contributed by atoms with Crippen molar-refractivity contribution in [2.75, 3.05) is 31.2 Å². The quantitative estimate of drug-likeness (QED) is 0.237. The maximum Gasteiger partial charge on any atom is 0.269 e. The molecule has 0 aromatic heterocycles. The van der Waals surface area contributed by atoms with Crippen LogP contribution in [0.2, 0.25) is 0 Å². The third-order valence-corrected chi connectivity index (χ3v) is 3.91. The molecule has 0 spiro atoms. The highest BCUT2D eigenvalue weighted by Gasteiger charge is 2.07. The highest BCUT2D eigenvalue weighted by atomic mass is 16.6. The summed E-state index contributed by atoms with van der Waals surface area (Å²) in [5.74, 6) is 0. The van der Waals surface area contributed by atoms with E-state index in [-0.39, 0.29) is 5.69 Å². The van der Waals surface area contributed by atoms with Crippen molar-refractivity contribution >= 4 is 22.7 Å². The van der Waals surface area contributed by atoms with Gasteiger partial charge in [0.2, 0.25) is 0 Å². The van der Waals surface area contributed by atoms with Crippen molar-refractivity contribution in [3.63, 3.8) is 0 Å². The van der Waals surface area contributed by atoms with E-state index in [0.717, 1.165) is 5.69 Å². The fourth-order valence-electron chi connectivity index (χ4n) is 2.44. The predicted octanol–water partition coefficient (Wildman–Crippen LogP) is 4.66. The summed E-state index contributed by atoms with van der Waals surface area (Å²) in [5.41, 5.74) is 2.09. The standard InChI is InChI=1S/C20H20N6O3/c21-11-1-13-25(14-16-29-15-2-12-22)19-7-3-17(4-8-19)23-24-18-5-9-20(10-6-18)26(27)28/h3-10H,1-2,13-16H2/b24-23+. The first-order valence-corrected chi connectivity index (χ1v) is 8.97. The average molecular weight is 392 g/mol. The zero-order valence-corrected chi connectivity index (χ0v) is 15.8. The molecule has 0 aliphatic carbocycles. The van der Waals surface area contributed by atoms with Crippen LogP contribution in [0.5, 0.6) is 0 Å². The second-order valence-corrected chi connectivity index (χ2v) is 5.91. The number of azo groups is 1. The lowest BCUT2D eigenvalue weighted by Crippen LogP contribution is -2.28. The van der Waals surface area contributed by atoms with Gasteiger partial charge in [0.15, 0.2) is 0 Å². The minimum atomic E-state index is -0.466. The SMILES string of the molecule is N#CCCOCCN(CCC#N)c1ccc(/N=N/c2ccc([N+](=O)[O-])cc2)cc1. The molecule has 9 heteroatoms. The monoisotopic (exact) mass is 392 g/mol. The summed E-state index contributed by atoms with van der Waals surface area (Å²) in [6, 6.07) is 17.4. The topological polar surface area (TPSA) is 128 Å². The second-order valence-electron chi connectivity index (χ2n) is 5.91. The van der Waals surface area contributed by atoms with Crippen LogP contribution in [0.25, 0.3) is 0 Å². The maximum absolute atomic E-state index is 10.7. The molecule has 0 fully saturated rings. The molecule has 9 nitrogen and oxygen atoms in total. The van der Waals surface area contributed by atoms with Crippen LogP contribution in [0, 0.1) is 32.8 Å². The van der Waals surface area contributed by atoms with Crippen LogP contribution in [0.15, 0.2) is 58.8 Å². The highest BCUT2D eigenvalue weighted by molar-refractivity contribution is 5.53. The van der Waals surface area contributed by atoms with Crippen molar-refractivity contribution in [3.05, 3.63) is 58.6 Å². The minimum absolute atomic E-state index is 0.00219. The largest absolute Gasteiger partial charge is 0.379 e. The number of hydrogen-bond acceptors (Lipinski definition) is 8. The minimum Gasteiger partial charge on any atom is -0.379 e. The molecule has 0 saturated carbocycles. The first kappa shape index (κ1) is 21.5. The molecule has 148 valence electrons. The Morgan fingerprint density at radius 1 is 0.897 bits per heavy atom. The summed E-state index contributed by atoms with van der Waals surface area (Å²) in [6.45, 7) is 2.04. The molecule has 29 heavy (non-hydrogen) atoms. The molecular formula is C20H20N6O3. The first-order valence-electron chi connectivity index (χ1n) is 8.97. The lowest BCUT2D eigenvalue weighted by Gasteiger charge is -2.23. The van der Waals surface area contributed by atoms with E-state index in [4.69, 9.17) is 15.3 Å². The van der Waals surface area contributed by atoms with Crippen LogP contribution >= 0.6 is 0 Å². The molecule has 0 atom stereocenters. The maximum atomic E-state index is 10.7. The van der Waals surface area contributed by atoms with Crippen molar-refractivity contribution in [2.45, 2.75) is 12.8 Å². The molecule has 2 rings (SSSR count). The number of ether oxygens (including phenoxy) is 1. The molecule has 0 saturated heterocycles. The Hall–Kier alpha value is -3.82. The van der Waals surface area contributed by atoms with Crippen LogP contribution in [-0.4, -0.2) is 31.2 Å². The summed E-state index contributed by atoms with van der Waals surface area (Å²) in [6.07, 6.45) is 0.743. The van der Waals surface area contributed by atoms with E-state index in [1.807, 2.05) is 23.1 Å². The molecule has 2 aromatic carbocycles. The molecule has 0 aliphatic heterocycles. The number of nitro benzene ring substituents is 1. The van der Waals surface area contributed by atoms with E-state index >= 15 is 0 Å². The van der Waals surface area contributed by atoms with E-state index in [1.165, 1.54) is 24.3 Å². The number of benzene rings is 2. The van der Waals surface area contributed by atoms with Gasteiger partial charge in [0.25, 0.3) is 5.69 Å². The molecule has 0 heterocycles. The van der Waals surface area contributed by atoms with E-state index < -0.39 is 4.92 Å². The van der Waals surface area contributed by atoms with Crippen molar-refractivity contribution in [2.24, 2.45) is 10.2 Å². The van der Waals surface area contributed by atoms with Crippen molar-refractivity contribution in [3.8, 4) is 12.1 Å². The first-order chi connectivity index (χ1) is 14.1. The molecular weight excluding hydrogens is 372 g/mol. The van der Waals surface area contributed by atoms with E-state index in [0.29, 0.717) is 50.5 Å². The third kappa shape index (κ3) is 7.37. The third-order valence-electron chi connectivity index (χ3n) is 3.91. The number of anilines is 1. The number of nitro groups is 1. The Bertz CT molecular complexity index is 898. The van der Waals surface area contributed by atoms with Gasteiger partial charge in [-0.25, -0.2) is 0 Å². The zero-order valence-electron chi connectivity index (χ0n) is 15.8. The Balaban J connectivity index is 1.98. The lowest BCUT2D eigenvalue weighted by atomic mass is 10.2. The zero-order chi connectivity index (χ0) is 20.9. The van der Waals surface area contributed by atoms with E-state index in [9.17, 15) is 10.1 Å². The molecule has 0 unspecified atom stereocenters. The van der Waals surface area contributed by atoms with Crippen LogP contribution in [0.4, 0.5) is 22.7 Å². The lowest BCUT2D eigenvalue weighted by molar-refractivity contribution is -0.384. The summed E-state index contributed by atoms with van der Waals surface area (Å²) < 4.78 is 5.42. The molecule has 0 radical (unpaired) electrons. The van der Waals surface area contributed by atoms with Crippen molar-refractivity contribution in [1.82, 2.24) is 0 Å². The van der Waals surface area contributed by atoms with Gasteiger partial charge in [-0.1, -0.05) is 0 Å². The highest BCUT2D eigenvalue weighted by Crippen LogP contribution is 2.23. The Morgan fingerprint density at radius 2 is 1.48 bits per heavy atom. The van der Waals surface area contributed by atoms with E-state index in [1.54, 1.807) is 12.1 Å². The average Bonchev–Trinajstić information content (AvgIpc) is 2.75.